The number of benzene rings is 5. The second-order valence-corrected chi connectivity index (χ2v) is 15.0. The normalized spacial score (nSPS) is 10.6. The van der Waals surface area contributed by atoms with Gasteiger partial charge in [0.05, 0.1) is 16.8 Å². The summed E-state index contributed by atoms with van der Waals surface area (Å²) in [5, 5.41) is 13.0. The van der Waals surface area contributed by atoms with Gasteiger partial charge in [0.15, 0.2) is 5.78 Å². The van der Waals surface area contributed by atoms with E-state index in [0.717, 1.165) is 67.1 Å². The smallest absolute Gasteiger partial charge is 0.335 e. The Morgan fingerprint density at radius 3 is 1.93 bits per heavy atom. The zero-order valence-electron chi connectivity index (χ0n) is 31.6. The van der Waals surface area contributed by atoms with Crippen molar-refractivity contribution in [2.75, 3.05) is 11.9 Å². The Morgan fingerprint density at radius 2 is 1.32 bits per heavy atom. The van der Waals surface area contributed by atoms with E-state index >= 15 is 0 Å². The maximum Gasteiger partial charge on any atom is 0.335 e. The van der Waals surface area contributed by atoms with Gasteiger partial charge in [0.25, 0.3) is 0 Å². The molecule has 5 aromatic carbocycles. The number of carbonyl (C=O) groups excluding carboxylic acids is 2. The van der Waals surface area contributed by atoms with Crippen molar-refractivity contribution in [2.24, 2.45) is 0 Å². The summed E-state index contributed by atoms with van der Waals surface area (Å²) in [4.78, 5) is 35.2. The van der Waals surface area contributed by atoms with E-state index in [-0.39, 0.29) is 30.0 Å². The summed E-state index contributed by atoms with van der Waals surface area (Å²) in [6.07, 6.45) is 1.40. The summed E-state index contributed by atoms with van der Waals surface area (Å²) >= 11 is 6.96. The standard InChI is InChI=1S/C28H27BrN2O3.C18H17BrO3/c1-3-13-30-23-14-21(28(32)33)15-24(17-23)31-19(2)9-11-26(31)25-16-22(29)10-12-27(25)34-18-20-7-5-4-6-8-20;1-13(20)7-9-17(21)16-11-15(19)8-10-18(16)22-12-14-5-3-2-4-6-14/h4-12,14-17,30H,3,13,18H2,1-2H3,(H,32,33);2-6,8,10-11H,7,9,12H2,1H3. The number of carboxylic acid groups (broad SMARTS) is 1. The molecule has 0 aliphatic heterocycles. The van der Waals surface area contributed by atoms with Crippen LogP contribution in [0.15, 0.2) is 136 Å². The predicted molar refractivity (Wildman–Crippen MR) is 229 cm³/mol. The van der Waals surface area contributed by atoms with E-state index in [1.54, 1.807) is 24.3 Å². The number of rotatable bonds is 16. The fourth-order valence-electron chi connectivity index (χ4n) is 5.90. The van der Waals surface area contributed by atoms with Gasteiger partial charge < -0.3 is 29.3 Å². The minimum atomic E-state index is -0.956. The van der Waals surface area contributed by atoms with Crippen molar-refractivity contribution in [1.82, 2.24) is 4.57 Å². The number of anilines is 1. The number of Topliss-reactive ketones (excluding diaryl/α,β-unsaturated/α-hetero) is 2. The van der Waals surface area contributed by atoms with Crippen LogP contribution in [0.5, 0.6) is 11.5 Å². The Morgan fingerprint density at radius 1 is 0.714 bits per heavy atom. The number of nitrogens with zero attached hydrogens (tertiary/aromatic N) is 1. The fourth-order valence-corrected chi connectivity index (χ4v) is 6.62. The first-order valence-corrected chi connectivity index (χ1v) is 19.9. The lowest BCUT2D eigenvalue weighted by atomic mass is 10.0. The maximum atomic E-state index is 12.3. The molecule has 56 heavy (non-hydrogen) atoms. The molecule has 10 heteroatoms. The van der Waals surface area contributed by atoms with Crippen LogP contribution in [0.1, 0.15) is 70.6 Å². The molecule has 0 radical (unpaired) electrons. The quantitative estimate of drug-likeness (QED) is 0.0933. The average molecular weight is 881 g/mol. The first-order chi connectivity index (χ1) is 27.0. The van der Waals surface area contributed by atoms with Gasteiger partial charge in [0.1, 0.15) is 30.5 Å². The molecule has 0 fully saturated rings. The van der Waals surface area contributed by atoms with Crippen LogP contribution in [0.3, 0.4) is 0 Å². The highest BCUT2D eigenvalue weighted by molar-refractivity contribution is 9.10. The number of halogens is 2. The number of hydrogen-bond acceptors (Lipinski definition) is 6. The lowest BCUT2D eigenvalue weighted by Gasteiger charge is -2.18. The number of hydrogen-bond donors (Lipinski definition) is 2. The molecule has 288 valence electrons. The number of ketones is 2. The van der Waals surface area contributed by atoms with Crippen LogP contribution >= 0.6 is 31.9 Å². The molecule has 0 spiro atoms. The Labute approximate surface area is 344 Å². The summed E-state index contributed by atoms with van der Waals surface area (Å²) in [6.45, 7) is 7.19. The molecule has 0 saturated carbocycles. The van der Waals surface area contributed by atoms with Gasteiger partial charge in [0.2, 0.25) is 0 Å². The van der Waals surface area contributed by atoms with Gasteiger partial charge in [-0.2, -0.15) is 0 Å². The molecule has 6 rings (SSSR count). The molecule has 0 bridgehead atoms. The molecule has 2 N–H and O–H groups in total. The molecule has 0 aliphatic rings. The van der Waals surface area contributed by atoms with Crippen LogP contribution in [0.4, 0.5) is 5.69 Å². The Hall–Kier alpha value is -5.45. The second kappa shape index (κ2) is 20.5. The van der Waals surface area contributed by atoms with Crippen LogP contribution in [-0.2, 0) is 18.0 Å². The molecule has 1 aromatic heterocycles. The zero-order valence-corrected chi connectivity index (χ0v) is 34.7. The number of carboxylic acids is 1. The van der Waals surface area contributed by atoms with Crippen molar-refractivity contribution >= 4 is 55.1 Å². The third kappa shape index (κ3) is 11.8. The Balaban J connectivity index is 0.000000236. The minimum absolute atomic E-state index is 0.00935. The first kappa shape index (κ1) is 41.7. The van der Waals surface area contributed by atoms with Gasteiger partial charge >= 0.3 is 5.97 Å². The highest BCUT2D eigenvalue weighted by atomic mass is 79.9. The molecular weight excluding hydrogens is 836 g/mol. The molecule has 0 amide bonds. The van der Waals surface area contributed by atoms with Gasteiger partial charge in [0, 0.05) is 51.0 Å². The number of nitrogens with one attached hydrogen (secondary N) is 1. The van der Waals surface area contributed by atoms with E-state index in [9.17, 15) is 19.5 Å². The SMILES string of the molecule is CC(=O)CCC(=O)c1cc(Br)ccc1OCc1ccccc1.CCCNc1cc(C(=O)O)cc(-n2c(C)ccc2-c2cc(Br)ccc2OCc2ccccc2)c1. The summed E-state index contributed by atoms with van der Waals surface area (Å²) in [5.41, 5.74) is 7.27. The molecule has 6 aromatic rings. The molecule has 0 unspecified atom stereocenters. The lowest BCUT2D eigenvalue weighted by molar-refractivity contribution is -0.117. The predicted octanol–water partition coefficient (Wildman–Crippen LogP) is 11.9. The molecule has 0 atom stereocenters. The van der Waals surface area contributed by atoms with E-state index < -0.39 is 5.97 Å². The van der Waals surface area contributed by atoms with E-state index in [1.165, 1.54) is 6.92 Å². The molecular formula is C46H44Br2N2O6. The third-order valence-electron chi connectivity index (χ3n) is 8.72. The third-order valence-corrected chi connectivity index (χ3v) is 9.70. The van der Waals surface area contributed by atoms with Crippen molar-refractivity contribution in [3.05, 3.63) is 164 Å². The Kier molecular flexibility index (Phi) is 15.2. The molecule has 0 aliphatic carbocycles. The second-order valence-electron chi connectivity index (χ2n) is 13.2. The van der Waals surface area contributed by atoms with Crippen LogP contribution in [-0.4, -0.2) is 33.8 Å². The monoisotopic (exact) mass is 878 g/mol. The first-order valence-electron chi connectivity index (χ1n) is 18.3. The van der Waals surface area contributed by atoms with Gasteiger partial charge in [-0.15, -0.1) is 0 Å². The van der Waals surface area contributed by atoms with Crippen molar-refractivity contribution in [2.45, 2.75) is 53.2 Å². The van der Waals surface area contributed by atoms with Gasteiger partial charge in [-0.1, -0.05) is 99.4 Å². The van der Waals surface area contributed by atoms with Gasteiger partial charge in [-0.05, 0) is 98.1 Å². The maximum absolute atomic E-state index is 12.3. The van der Waals surface area contributed by atoms with E-state index in [1.807, 2.05) is 110 Å². The van der Waals surface area contributed by atoms with E-state index in [4.69, 9.17) is 9.47 Å². The minimum Gasteiger partial charge on any atom is -0.488 e. The summed E-state index contributed by atoms with van der Waals surface area (Å²) in [5.74, 6) is 0.266. The van der Waals surface area contributed by atoms with Crippen molar-refractivity contribution in [3.63, 3.8) is 0 Å². The van der Waals surface area contributed by atoms with Crippen molar-refractivity contribution in [1.29, 1.82) is 0 Å². The van der Waals surface area contributed by atoms with Gasteiger partial charge in [-0.3, -0.25) is 4.79 Å². The number of carbonyl (C=O) groups is 3. The average Bonchev–Trinajstić information content (AvgIpc) is 3.59. The van der Waals surface area contributed by atoms with Gasteiger partial charge in [-0.25, -0.2) is 4.79 Å². The summed E-state index contributed by atoms with van der Waals surface area (Å²) in [7, 11) is 0. The van der Waals surface area contributed by atoms with Crippen LogP contribution < -0.4 is 14.8 Å². The van der Waals surface area contributed by atoms with Crippen molar-refractivity contribution in [3.8, 4) is 28.4 Å². The highest BCUT2D eigenvalue weighted by Crippen LogP contribution is 2.37. The van der Waals surface area contributed by atoms with E-state index in [0.29, 0.717) is 24.5 Å². The summed E-state index contributed by atoms with van der Waals surface area (Å²) in [6, 6.07) is 40.5. The zero-order chi connectivity index (χ0) is 40.0. The number of aromatic nitrogens is 1. The molecule has 1 heterocycles. The Bertz CT molecular complexity index is 2270. The molecule has 8 nitrogen and oxygen atoms in total. The fraction of sp³-hybridized carbons (Fsp3) is 0.196. The largest absolute Gasteiger partial charge is 0.488 e. The number of aryl methyl sites for hydroxylation is 1. The van der Waals surface area contributed by atoms with Crippen molar-refractivity contribution < 1.29 is 29.0 Å². The van der Waals surface area contributed by atoms with Crippen LogP contribution in [0, 0.1) is 6.92 Å². The highest BCUT2D eigenvalue weighted by Gasteiger charge is 2.18. The lowest BCUT2D eigenvalue weighted by Crippen LogP contribution is -2.07. The topological polar surface area (TPSA) is 107 Å². The number of ether oxygens (including phenoxy) is 2. The number of aromatic carboxylic acids is 1. The van der Waals surface area contributed by atoms with Crippen LogP contribution in [0.2, 0.25) is 0 Å². The van der Waals surface area contributed by atoms with E-state index in [2.05, 4.69) is 48.7 Å². The summed E-state index contributed by atoms with van der Waals surface area (Å²) < 4.78 is 15.8. The van der Waals surface area contributed by atoms with Crippen LogP contribution in [0.25, 0.3) is 16.9 Å². The molecule has 0 saturated heterocycles.